The maximum Gasteiger partial charge on any atom is 0.296 e. The largest absolute Gasteiger partial charge is 0.501 e. The molecule has 0 saturated heterocycles. The molecule has 0 aliphatic carbocycles. The summed E-state index contributed by atoms with van der Waals surface area (Å²) in [5.41, 5.74) is 1.02. The van der Waals surface area contributed by atoms with Gasteiger partial charge < -0.3 is 14.9 Å². The number of benzene rings is 2. The average molecular weight is 480 g/mol. The highest BCUT2D eigenvalue weighted by Gasteiger charge is 2.31. The monoisotopic (exact) mass is 480 g/mol. The zero-order chi connectivity index (χ0) is 25.8. The van der Waals surface area contributed by atoms with Crippen molar-refractivity contribution in [3.8, 4) is 11.8 Å². The highest BCUT2D eigenvalue weighted by Crippen LogP contribution is 2.42. The topological polar surface area (TPSA) is 138 Å². The molecule has 4 aromatic rings. The van der Waals surface area contributed by atoms with Crippen LogP contribution in [0.3, 0.4) is 0 Å². The molecular formula is C26H20N6O4. The van der Waals surface area contributed by atoms with E-state index < -0.39 is 34.7 Å². The van der Waals surface area contributed by atoms with Crippen molar-refractivity contribution in [2.75, 3.05) is 5.32 Å². The number of carbonyl (C=O) groups excluding carboxylic acids is 1. The van der Waals surface area contributed by atoms with Crippen LogP contribution in [0.4, 0.5) is 11.4 Å². The first-order chi connectivity index (χ1) is 17.4. The molecule has 0 aliphatic heterocycles. The van der Waals surface area contributed by atoms with Gasteiger partial charge in [0.25, 0.3) is 11.5 Å². The fourth-order valence-electron chi connectivity index (χ4n) is 4.21. The standard InChI is InChI=1S/C26H20N6O4/c1-15(21(18-9-5-4-8-16(18)12-27)19-10-6-7-11-20(19)28-2)24-31-22(23(33)26(35)32(24)3)25(34)30-17-13-29-36-14-17/h4-11,13-15,21,33H,1,3H3,(H,30,34)/t15-,21?/m0/s1. The molecule has 0 spiro atoms. The third kappa shape index (κ3) is 4.31. The Balaban J connectivity index is 1.91. The molecule has 0 aliphatic rings. The second-order valence-electron chi connectivity index (χ2n) is 8.03. The van der Waals surface area contributed by atoms with Crippen LogP contribution in [0.25, 0.3) is 4.85 Å². The Bertz CT molecular complexity index is 1520. The van der Waals surface area contributed by atoms with Crippen molar-refractivity contribution in [1.29, 1.82) is 5.26 Å². The highest BCUT2D eigenvalue weighted by molar-refractivity contribution is 6.04. The van der Waals surface area contributed by atoms with Crippen molar-refractivity contribution in [1.82, 2.24) is 14.7 Å². The molecule has 4 rings (SSSR count). The van der Waals surface area contributed by atoms with E-state index in [0.29, 0.717) is 22.4 Å². The summed E-state index contributed by atoms with van der Waals surface area (Å²) >= 11 is 0. The second-order valence-corrected chi connectivity index (χ2v) is 8.03. The van der Waals surface area contributed by atoms with Gasteiger partial charge in [0.15, 0.2) is 11.4 Å². The maximum absolute atomic E-state index is 12.9. The van der Waals surface area contributed by atoms with Gasteiger partial charge in [0.1, 0.15) is 17.8 Å². The smallest absolute Gasteiger partial charge is 0.296 e. The lowest BCUT2D eigenvalue weighted by molar-refractivity contribution is 0.101. The van der Waals surface area contributed by atoms with Gasteiger partial charge in [0, 0.05) is 18.9 Å². The lowest BCUT2D eigenvalue weighted by Crippen LogP contribution is -2.29. The van der Waals surface area contributed by atoms with E-state index in [1.54, 1.807) is 55.5 Å². The van der Waals surface area contributed by atoms with Gasteiger partial charge in [-0.25, -0.2) is 9.83 Å². The fraction of sp³-hybridized carbons (Fsp3) is 0.154. The van der Waals surface area contributed by atoms with Gasteiger partial charge in [0.2, 0.25) is 5.75 Å². The number of aromatic nitrogens is 3. The molecule has 2 N–H and O–H groups in total. The minimum Gasteiger partial charge on any atom is -0.501 e. The summed E-state index contributed by atoms with van der Waals surface area (Å²) in [4.78, 5) is 33.8. The summed E-state index contributed by atoms with van der Waals surface area (Å²) in [6.07, 6.45) is 2.45. The number of aromatic hydroxyl groups is 1. The number of hydrogen-bond acceptors (Lipinski definition) is 7. The molecule has 0 radical (unpaired) electrons. The highest BCUT2D eigenvalue weighted by atomic mass is 16.5. The van der Waals surface area contributed by atoms with Crippen molar-refractivity contribution >= 4 is 17.3 Å². The summed E-state index contributed by atoms with van der Waals surface area (Å²) in [6.45, 7) is 9.45. The molecule has 2 aromatic carbocycles. The summed E-state index contributed by atoms with van der Waals surface area (Å²) in [5.74, 6) is -2.60. The van der Waals surface area contributed by atoms with Gasteiger partial charge in [-0.2, -0.15) is 5.26 Å². The second kappa shape index (κ2) is 9.95. The molecule has 2 aromatic heterocycles. The lowest BCUT2D eigenvalue weighted by Gasteiger charge is -2.28. The Labute approximate surface area is 205 Å². The van der Waals surface area contributed by atoms with Crippen LogP contribution in [0.1, 0.15) is 51.8 Å². The Hall–Kier alpha value is -5.22. The van der Waals surface area contributed by atoms with Gasteiger partial charge in [0.05, 0.1) is 24.4 Å². The quantitative estimate of drug-likeness (QED) is 0.396. The van der Waals surface area contributed by atoms with Crippen LogP contribution in [-0.4, -0.2) is 25.7 Å². The van der Waals surface area contributed by atoms with E-state index in [4.69, 9.17) is 11.1 Å². The first-order valence-electron chi connectivity index (χ1n) is 10.8. The third-order valence-corrected chi connectivity index (χ3v) is 5.92. The number of anilines is 1. The maximum atomic E-state index is 12.9. The number of para-hydroxylation sites is 1. The summed E-state index contributed by atoms with van der Waals surface area (Å²) in [5, 5.41) is 26.2. The zero-order valence-electron chi connectivity index (χ0n) is 19.3. The predicted molar refractivity (Wildman–Crippen MR) is 130 cm³/mol. The Morgan fingerprint density at radius 3 is 2.58 bits per heavy atom. The Kier molecular flexibility index (Phi) is 6.61. The van der Waals surface area contributed by atoms with Crippen LogP contribution < -0.4 is 10.9 Å². The van der Waals surface area contributed by atoms with Crippen LogP contribution in [-0.2, 0) is 7.05 Å². The van der Waals surface area contributed by atoms with Crippen LogP contribution in [0.2, 0.25) is 0 Å². The molecular weight excluding hydrogens is 460 g/mol. The van der Waals surface area contributed by atoms with E-state index in [9.17, 15) is 20.0 Å². The molecule has 0 saturated carbocycles. The molecule has 0 fully saturated rings. The van der Waals surface area contributed by atoms with Gasteiger partial charge in [-0.1, -0.05) is 54.5 Å². The van der Waals surface area contributed by atoms with Crippen molar-refractivity contribution in [2.45, 2.75) is 18.8 Å². The van der Waals surface area contributed by atoms with Crippen molar-refractivity contribution in [3.63, 3.8) is 0 Å². The lowest BCUT2D eigenvalue weighted by atomic mass is 9.78. The minimum absolute atomic E-state index is 0.186. The van der Waals surface area contributed by atoms with Crippen LogP contribution in [0, 0.1) is 17.9 Å². The van der Waals surface area contributed by atoms with E-state index in [1.165, 1.54) is 24.1 Å². The van der Waals surface area contributed by atoms with Crippen molar-refractivity contribution in [2.24, 2.45) is 7.05 Å². The molecule has 1 unspecified atom stereocenters. The van der Waals surface area contributed by atoms with Gasteiger partial charge in [-0.3, -0.25) is 14.2 Å². The fourth-order valence-corrected chi connectivity index (χ4v) is 4.21. The van der Waals surface area contributed by atoms with E-state index in [0.717, 1.165) is 0 Å². The Morgan fingerprint density at radius 2 is 1.92 bits per heavy atom. The third-order valence-electron chi connectivity index (χ3n) is 5.92. The van der Waals surface area contributed by atoms with E-state index in [2.05, 4.69) is 26.4 Å². The number of amides is 1. The number of nitrogens with one attached hydrogen (secondary N) is 1. The first-order valence-corrected chi connectivity index (χ1v) is 10.8. The van der Waals surface area contributed by atoms with E-state index >= 15 is 0 Å². The van der Waals surface area contributed by atoms with Crippen molar-refractivity contribution in [3.05, 3.63) is 111 Å². The number of nitriles is 1. The molecule has 10 heteroatoms. The minimum atomic E-state index is -0.822. The number of nitrogens with zero attached hydrogens (tertiary/aromatic N) is 5. The predicted octanol–water partition coefficient (Wildman–Crippen LogP) is 4.08. The first kappa shape index (κ1) is 23.9. The molecule has 1 amide bonds. The van der Waals surface area contributed by atoms with Crippen LogP contribution >= 0.6 is 0 Å². The van der Waals surface area contributed by atoms with Gasteiger partial charge >= 0.3 is 0 Å². The number of hydrogen-bond donors (Lipinski definition) is 2. The molecule has 36 heavy (non-hydrogen) atoms. The SMILES string of the molecule is [C-]#[N+]c1ccccc1C(c1ccccc1C#N)[C@H](C)c1nc(C(=O)Nc2cnoc2)c(O)c(=O)n1C. The molecule has 0 bridgehead atoms. The zero-order valence-corrected chi connectivity index (χ0v) is 19.3. The molecule has 178 valence electrons. The summed E-state index contributed by atoms with van der Waals surface area (Å²) in [6, 6.07) is 16.2. The van der Waals surface area contributed by atoms with Gasteiger partial charge in [-0.05, 0) is 17.2 Å². The average Bonchev–Trinajstić information content (AvgIpc) is 3.41. The van der Waals surface area contributed by atoms with E-state index in [1.807, 2.05) is 0 Å². The summed E-state index contributed by atoms with van der Waals surface area (Å²) in [7, 11) is 1.44. The van der Waals surface area contributed by atoms with Crippen LogP contribution in [0.5, 0.6) is 5.75 Å². The van der Waals surface area contributed by atoms with Gasteiger partial charge in [-0.15, -0.1) is 0 Å². The van der Waals surface area contributed by atoms with Crippen LogP contribution in [0.15, 0.2) is 70.3 Å². The normalized spacial score (nSPS) is 12.2. The number of rotatable bonds is 6. The number of carbonyl (C=O) groups is 1. The Morgan fingerprint density at radius 1 is 1.22 bits per heavy atom. The van der Waals surface area contributed by atoms with E-state index in [-0.39, 0.29) is 11.5 Å². The summed E-state index contributed by atoms with van der Waals surface area (Å²) < 4.78 is 5.86. The molecule has 2 heterocycles. The van der Waals surface area contributed by atoms with Crippen molar-refractivity contribution < 1.29 is 14.4 Å². The molecule has 2 atom stereocenters. The molecule has 10 nitrogen and oxygen atoms in total.